The average molecular weight is 442 g/mol. The second kappa shape index (κ2) is 8.87. The number of carboxylic acid groups (broad SMARTS) is 1. The summed E-state index contributed by atoms with van der Waals surface area (Å²) in [5.41, 5.74) is 8.53. The zero-order chi connectivity index (χ0) is 22.7. The number of phenolic OH excluding ortho intramolecular Hbond substituents is 1. The van der Waals surface area contributed by atoms with Crippen LogP contribution in [0.25, 0.3) is 21.9 Å². The highest BCUT2D eigenvalue weighted by atomic mass is 32.1. The highest BCUT2D eigenvalue weighted by Crippen LogP contribution is 2.36. The van der Waals surface area contributed by atoms with Crippen molar-refractivity contribution < 1.29 is 15.0 Å². The van der Waals surface area contributed by atoms with E-state index >= 15 is 0 Å². The molecule has 158 valence electrons. The second-order valence-corrected chi connectivity index (χ2v) is 7.44. The van der Waals surface area contributed by atoms with Crippen LogP contribution in [0.5, 0.6) is 5.75 Å². The summed E-state index contributed by atoms with van der Waals surface area (Å²) in [6.07, 6.45) is 1.47. The van der Waals surface area contributed by atoms with Crippen LogP contribution in [-0.2, 0) is 0 Å². The Morgan fingerprint density at radius 3 is 2.28 bits per heavy atom. The maximum absolute atomic E-state index is 11.1. The monoisotopic (exact) mass is 441 g/mol. The van der Waals surface area contributed by atoms with Crippen molar-refractivity contribution in [2.75, 3.05) is 5.01 Å². The Kier molecular flexibility index (Phi) is 5.83. The van der Waals surface area contributed by atoms with Crippen LogP contribution in [-0.4, -0.2) is 27.5 Å². The van der Waals surface area contributed by atoms with Crippen LogP contribution in [0.2, 0.25) is 0 Å². The van der Waals surface area contributed by atoms with Gasteiger partial charge in [0.15, 0.2) is 5.11 Å². The molecule has 0 bridgehead atoms. The molecule has 4 rings (SSSR count). The van der Waals surface area contributed by atoms with Crippen LogP contribution in [0.3, 0.4) is 0 Å². The fraction of sp³-hybridized carbons (Fsp3) is 0. The van der Waals surface area contributed by atoms with Gasteiger partial charge in [-0.3, -0.25) is 0 Å². The Balaban J connectivity index is 1.71. The number of para-hydroxylation sites is 1. The Labute approximate surface area is 189 Å². The predicted molar refractivity (Wildman–Crippen MR) is 131 cm³/mol. The molecule has 0 saturated heterocycles. The van der Waals surface area contributed by atoms with Crippen molar-refractivity contribution in [3.63, 3.8) is 0 Å². The Morgan fingerprint density at radius 2 is 1.56 bits per heavy atom. The molecule has 6 nitrogen and oxygen atoms in total. The van der Waals surface area contributed by atoms with Gasteiger partial charge in [0.2, 0.25) is 0 Å². The number of benzene rings is 4. The van der Waals surface area contributed by atoms with E-state index in [2.05, 4.69) is 5.10 Å². The van der Waals surface area contributed by atoms with Crippen molar-refractivity contribution in [3.8, 4) is 16.9 Å². The van der Waals surface area contributed by atoms with Crippen LogP contribution in [0.15, 0.2) is 90.0 Å². The Bertz CT molecular complexity index is 1350. The standard InChI is InChI=1S/C25H19N3O3S/c26-25(32)28(19-13-11-17(12-14-19)24(30)31)27-15-18-7-4-10-22(23(18)29)21-9-3-6-16-5-1-2-8-20(16)21/h1-15,29H,(H2,26,32)(H,30,31). The third-order valence-electron chi connectivity index (χ3n) is 5.03. The molecule has 0 radical (unpaired) electrons. The zero-order valence-electron chi connectivity index (χ0n) is 16.8. The average Bonchev–Trinajstić information content (AvgIpc) is 2.80. The molecule has 4 aromatic carbocycles. The van der Waals surface area contributed by atoms with E-state index in [1.807, 2.05) is 54.6 Å². The van der Waals surface area contributed by atoms with E-state index in [1.54, 1.807) is 18.2 Å². The minimum absolute atomic E-state index is 0.0194. The van der Waals surface area contributed by atoms with E-state index in [1.165, 1.54) is 23.4 Å². The molecular weight excluding hydrogens is 422 g/mol. The molecule has 7 heteroatoms. The Morgan fingerprint density at radius 1 is 0.906 bits per heavy atom. The number of aromatic hydroxyl groups is 1. The molecule has 0 unspecified atom stereocenters. The normalized spacial score (nSPS) is 11.0. The van der Waals surface area contributed by atoms with Gasteiger partial charge in [0.1, 0.15) is 5.75 Å². The third kappa shape index (κ3) is 4.14. The number of aromatic carboxylic acids is 1. The van der Waals surface area contributed by atoms with Crippen LogP contribution in [0, 0.1) is 0 Å². The number of nitrogens with two attached hydrogens (primary N) is 1. The highest BCUT2D eigenvalue weighted by molar-refractivity contribution is 7.80. The van der Waals surface area contributed by atoms with Crippen LogP contribution >= 0.6 is 12.2 Å². The third-order valence-corrected chi connectivity index (χ3v) is 5.20. The zero-order valence-corrected chi connectivity index (χ0v) is 17.7. The predicted octanol–water partition coefficient (Wildman–Crippen LogP) is 4.99. The topological polar surface area (TPSA) is 99.1 Å². The summed E-state index contributed by atoms with van der Waals surface area (Å²) in [5, 5.41) is 27.8. The minimum Gasteiger partial charge on any atom is -0.507 e. The van der Waals surface area contributed by atoms with Crippen molar-refractivity contribution in [2.24, 2.45) is 10.8 Å². The number of hydrazone groups is 1. The number of phenols is 1. The van der Waals surface area contributed by atoms with Crippen LogP contribution in [0.1, 0.15) is 15.9 Å². The summed E-state index contributed by atoms with van der Waals surface area (Å²) >= 11 is 5.10. The van der Waals surface area contributed by atoms with Crippen molar-refractivity contribution >= 4 is 46.0 Å². The first-order valence-electron chi connectivity index (χ1n) is 9.72. The second-order valence-electron chi connectivity index (χ2n) is 7.02. The molecule has 4 aromatic rings. The van der Waals surface area contributed by atoms with E-state index in [4.69, 9.17) is 23.1 Å². The summed E-state index contributed by atoms with van der Waals surface area (Å²) in [4.78, 5) is 11.1. The van der Waals surface area contributed by atoms with E-state index in [0.717, 1.165) is 16.3 Å². The number of carbonyl (C=O) groups is 1. The lowest BCUT2D eigenvalue weighted by atomic mass is 9.96. The van der Waals surface area contributed by atoms with E-state index in [0.29, 0.717) is 16.8 Å². The number of rotatable bonds is 5. The van der Waals surface area contributed by atoms with Gasteiger partial charge in [0.25, 0.3) is 0 Å². The number of anilines is 1. The van der Waals surface area contributed by atoms with Gasteiger partial charge in [-0.2, -0.15) is 5.10 Å². The first kappa shape index (κ1) is 21.0. The lowest BCUT2D eigenvalue weighted by Gasteiger charge is -2.17. The summed E-state index contributed by atoms with van der Waals surface area (Å²) in [7, 11) is 0. The van der Waals surface area contributed by atoms with Crippen molar-refractivity contribution in [1.29, 1.82) is 0 Å². The largest absolute Gasteiger partial charge is 0.507 e. The lowest BCUT2D eigenvalue weighted by molar-refractivity contribution is 0.0697. The molecule has 0 heterocycles. The maximum atomic E-state index is 11.1. The summed E-state index contributed by atoms with van der Waals surface area (Å²) in [5.74, 6) is -0.950. The quantitative estimate of drug-likeness (QED) is 0.229. The number of fused-ring (bicyclic) bond motifs is 1. The molecule has 0 aliphatic heterocycles. The molecule has 0 aromatic heterocycles. The highest BCUT2D eigenvalue weighted by Gasteiger charge is 2.13. The Hall–Kier alpha value is -4.23. The first-order valence-corrected chi connectivity index (χ1v) is 10.1. The van der Waals surface area contributed by atoms with Gasteiger partial charge < -0.3 is 15.9 Å². The van der Waals surface area contributed by atoms with Crippen molar-refractivity contribution in [3.05, 3.63) is 96.1 Å². The lowest BCUT2D eigenvalue weighted by Crippen LogP contribution is -2.31. The maximum Gasteiger partial charge on any atom is 0.335 e. The van der Waals surface area contributed by atoms with Gasteiger partial charge in [0, 0.05) is 11.1 Å². The number of carboxylic acids is 1. The fourth-order valence-electron chi connectivity index (χ4n) is 3.46. The van der Waals surface area contributed by atoms with Gasteiger partial charge in [-0.05, 0) is 58.9 Å². The molecule has 0 saturated carbocycles. The molecule has 0 fully saturated rings. The van der Waals surface area contributed by atoms with E-state index in [9.17, 15) is 9.90 Å². The van der Waals surface area contributed by atoms with Gasteiger partial charge in [-0.25, -0.2) is 9.80 Å². The number of nitrogens with zero attached hydrogens (tertiary/aromatic N) is 2. The van der Waals surface area contributed by atoms with Gasteiger partial charge >= 0.3 is 5.97 Å². The molecule has 32 heavy (non-hydrogen) atoms. The molecule has 4 N–H and O–H groups in total. The smallest absolute Gasteiger partial charge is 0.335 e. The number of hydrogen-bond donors (Lipinski definition) is 3. The van der Waals surface area contributed by atoms with Gasteiger partial charge in [-0.1, -0.05) is 54.6 Å². The van der Waals surface area contributed by atoms with E-state index in [-0.39, 0.29) is 16.4 Å². The first-order chi connectivity index (χ1) is 15.5. The molecule has 0 spiro atoms. The van der Waals surface area contributed by atoms with Gasteiger partial charge in [-0.15, -0.1) is 0 Å². The molecular formula is C25H19N3O3S. The molecule has 0 amide bonds. The minimum atomic E-state index is -1.03. The van der Waals surface area contributed by atoms with Crippen molar-refractivity contribution in [2.45, 2.75) is 0 Å². The van der Waals surface area contributed by atoms with Crippen LogP contribution < -0.4 is 10.7 Å². The van der Waals surface area contributed by atoms with Crippen LogP contribution in [0.4, 0.5) is 5.69 Å². The number of thiocarbonyl (C=S) groups is 1. The molecule has 0 aliphatic carbocycles. The van der Waals surface area contributed by atoms with Gasteiger partial charge in [0.05, 0.1) is 17.5 Å². The SMILES string of the molecule is NC(=S)N(N=Cc1cccc(-c2cccc3ccccc23)c1O)c1ccc(C(=O)O)cc1. The molecule has 0 aliphatic rings. The number of hydrogen-bond acceptors (Lipinski definition) is 4. The summed E-state index contributed by atoms with van der Waals surface area (Å²) < 4.78 is 0. The summed E-state index contributed by atoms with van der Waals surface area (Å²) in [6, 6.07) is 25.3. The fourth-order valence-corrected chi connectivity index (χ4v) is 3.61. The summed E-state index contributed by atoms with van der Waals surface area (Å²) in [6.45, 7) is 0. The van der Waals surface area contributed by atoms with E-state index < -0.39 is 5.97 Å². The molecule has 0 atom stereocenters. The van der Waals surface area contributed by atoms with Crippen molar-refractivity contribution in [1.82, 2.24) is 0 Å².